The molecule has 1 fully saturated rings. The summed E-state index contributed by atoms with van der Waals surface area (Å²) in [6, 6.07) is 8.73. The molecule has 2 heterocycles. The van der Waals surface area contributed by atoms with Gasteiger partial charge in [-0.25, -0.2) is 4.98 Å². The Morgan fingerprint density at radius 2 is 2.07 bits per heavy atom. The molecule has 29 heavy (non-hydrogen) atoms. The summed E-state index contributed by atoms with van der Waals surface area (Å²) in [6.45, 7) is 10.1. The number of imidazole rings is 1. The minimum atomic E-state index is 0. The van der Waals surface area contributed by atoms with E-state index >= 15 is 0 Å². The molecule has 0 bridgehead atoms. The third kappa shape index (κ3) is 6.62. The van der Waals surface area contributed by atoms with Crippen LogP contribution in [-0.2, 0) is 6.54 Å². The fourth-order valence-electron chi connectivity index (χ4n) is 3.57. The lowest BCUT2D eigenvalue weighted by Crippen LogP contribution is -2.48. The molecular weight excluding hydrogens is 477 g/mol. The molecule has 1 aliphatic rings. The van der Waals surface area contributed by atoms with Gasteiger partial charge in [0.15, 0.2) is 5.96 Å². The van der Waals surface area contributed by atoms with E-state index in [2.05, 4.69) is 63.9 Å². The summed E-state index contributed by atoms with van der Waals surface area (Å²) >= 11 is 0. The van der Waals surface area contributed by atoms with Crippen LogP contribution in [0, 0.1) is 11.8 Å². The molecule has 1 saturated heterocycles. The Bertz CT molecular complexity index is 745. The molecule has 7 heteroatoms. The highest BCUT2D eigenvalue weighted by atomic mass is 127. The van der Waals surface area contributed by atoms with Crippen LogP contribution in [0.25, 0.3) is 0 Å². The standard InChI is InChI=1S/C22H33N5O.HI/c1-17(2)15-28-20-7-5-19(6-8-20)13-25-22(23-4)26-11-9-18(3)21(14-26)27-12-10-24-16-27;/h5-8,10,12,16-18,21H,9,11,13-15H2,1-4H3,(H,23,25);1H. The summed E-state index contributed by atoms with van der Waals surface area (Å²) in [5, 5.41) is 3.52. The Kier molecular flexibility index (Phi) is 9.26. The predicted molar refractivity (Wildman–Crippen MR) is 129 cm³/mol. The Hall–Kier alpha value is -1.77. The van der Waals surface area contributed by atoms with Crippen LogP contribution < -0.4 is 10.1 Å². The van der Waals surface area contributed by atoms with E-state index in [0.29, 0.717) is 17.9 Å². The van der Waals surface area contributed by atoms with Crippen molar-refractivity contribution >= 4 is 29.9 Å². The maximum atomic E-state index is 5.76. The first-order valence-corrected chi connectivity index (χ1v) is 10.2. The molecule has 160 valence electrons. The highest BCUT2D eigenvalue weighted by molar-refractivity contribution is 14.0. The van der Waals surface area contributed by atoms with E-state index in [1.807, 2.05) is 31.7 Å². The molecule has 0 spiro atoms. The van der Waals surface area contributed by atoms with E-state index < -0.39 is 0 Å². The number of halogens is 1. The highest BCUT2D eigenvalue weighted by Gasteiger charge is 2.28. The van der Waals surface area contributed by atoms with E-state index in [4.69, 9.17) is 4.74 Å². The lowest BCUT2D eigenvalue weighted by molar-refractivity contribution is 0.189. The van der Waals surface area contributed by atoms with Crippen LogP contribution >= 0.6 is 24.0 Å². The minimum absolute atomic E-state index is 0. The van der Waals surface area contributed by atoms with Gasteiger partial charge in [0.05, 0.1) is 19.0 Å². The molecule has 0 amide bonds. The highest BCUT2D eigenvalue weighted by Crippen LogP contribution is 2.27. The predicted octanol–water partition coefficient (Wildman–Crippen LogP) is 4.19. The van der Waals surface area contributed by atoms with Crippen molar-refractivity contribution in [1.82, 2.24) is 19.8 Å². The van der Waals surface area contributed by atoms with Gasteiger partial charge in [-0.1, -0.05) is 32.9 Å². The lowest BCUT2D eigenvalue weighted by Gasteiger charge is -2.39. The van der Waals surface area contributed by atoms with E-state index in [-0.39, 0.29) is 24.0 Å². The molecule has 2 aromatic rings. The van der Waals surface area contributed by atoms with Crippen LogP contribution in [0.5, 0.6) is 5.75 Å². The molecule has 3 rings (SSSR count). The van der Waals surface area contributed by atoms with Gasteiger partial charge in [-0.15, -0.1) is 24.0 Å². The van der Waals surface area contributed by atoms with Crippen LogP contribution in [0.4, 0.5) is 0 Å². The lowest BCUT2D eigenvalue weighted by atomic mass is 9.93. The summed E-state index contributed by atoms with van der Waals surface area (Å²) in [7, 11) is 1.86. The van der Waals surface area contributed by atoms with E-state index in [0.717, 1.165) is 44.4 Å². The zero-order valence-corrected chi connectivity index (χ0v) is 20.2. The zero-order chi connectivity index (χ0) is 19.9. The first-order valence-electron chi connectivity index (χ1n) is 10.2. The number of nitrogens with one attached hydrogen (secondary N) is 1. The number of aliphatic imine (C=N–C) groups is 1. The van der Waals surface area contributed by atoms with E-state index in [1.165, 1.54) is 5.56 Å². The summed E-state index contributed by atoms with van der Waals surface area (Å²) in [5.41, 5.74) is 1.22. The molecule has 1 aliphatic heterocycles. The molecule has 0 radical (unpaired) electrons. The van der Waals surface area contributed by atoms with Crippen LogP contribution in [0.2, 0.25) is 0 Å². The summed E-state index contributed by atoms with van der Waals surface area (Å²) in [4.78, 5) is 11.1. The summed E-state index contributed by atoms with van der Waals surface area (Å²) < 4.78 is 7.98. The van der Waals surface area contributed by atoms with Gasteiger partial charge in [0.2, 0.25) is 0 Å². The largest absolute Gasteiger partial charge is 0.493 e. The second-order valence-corrected chi connectivity index (χ2v) is 8.04. The fourth-order valence-corrected chi connectivity index (χ4v) is 3.57. The number of nitrogens with zero attached hydrogens (tertiary/aromatic N) is 4. The monoisotopic (exact) mass is 511 g/mol. The van der Waals surface area contributed by atoms with E-state index in [1.54, 1.807) is 0 Å². The summed E-state index contributed by atoms with van der Waals surface area (Å²) in [6.07, 6.45) is 6.98. The van der Waals surface area contributed by atoms with Crippen LogP contribution in [0.3, 0.4) is 0 Å². The molecule has 2 unspecified atom stereocenters. The Labute approximate surface area is 191 Å². The van der Waals surface area contributed by atoms with Gasteiger partial charge < -0.3 is 19.5 Å². The van der Waals surface area contributed by atoms with Crippen molar-refractivity contribution in [3.63, 3.8) is 0 Å². The molecule has 0 saturated carbocycles. The quantitative estimate of drug-likeness (QED) is 0.359. The van der Waals surface area contributed by atoms with Crippen LogP contribution in [0.1, 0.15) is 38.8 Å². The zero-order valence-electron chi connectivity index (χ0n) is 17.9. The third-order valence-electron chi connectivity index (χ3n) is 5.30. The number of ether oxygens (including phenoxy) is 1. The van der Waals surface area contributed by atoms with E-state index in [9.17, 15) is 0 Å². The van der Waals surface area contributed by atoms with Gasteiger partial charge in [0.1, 0.15) is 5.75 Å². The minimum Gasteiger partial charge on any atom is -0.493 e. The number of likely N-dealkylation sites (tertiary alicyclic amines) is 1. The van der Waals surface area contributed by atoms with Gasteiger partial charge >= 0.3 is 0 Å². The van der Waals surface area contributed by atoms with Crippen molar-refractivity contribution in [3.05, 3.63) is 48.5 Å². The smallest absolute Gasteiger partial charge is 0.193 e. The first kappa shape index (κ1) is 23.5. The van der Waals surface area contributed by atoms with Crippen LogP contribution in [0.15, 0.2) is 48.0 Å². The van der Waals surface area contributed by atoms with Crippen molar-refractivity contribution in [2.45, 2.75) is 39.8 Å². The van der Waals surface area contributed by atoms with Gasteiger partial charge in [0, 0.05) is 39.1 Å². The van der Waals surface area contributed by atoms with Gasteiger partial charge in [0.25, 0.3) is 0 Å². The summed E-state index contributed by atoms with van der Waals surface area (Å²) in [5.74, 6) is 3.04. The number of benzene rings is 1. The van der Waals surface area contributed by atoms with Crippen molar-refractivity contribution in [2.75, 3.05) is 26.7 Å². The topological polar surface area (TPSA) is 54.7 Å². The maximum Gasteiger partial charge on any atom is 0.193 e. The second-order valence-electron chi connectivity index (χ2n) is 8.04. The van der Waals surface area contributed by atoms with Crippen molar-refractivity contribution in [3.8, 4) is 5.75 Å². The first-order chi connectivity index (χ1) is 13.6. The van der Waals surface area contributed by atoms with Crippen molar-refractivity contribution in [1.29, 1.82) is 0 Å². The number of hydrogen-bond acceptors (Lipinski definition) is 3. The fraction of sp³-hybridized carbons (Fsp3) is 0.545. The molecule has 6 nitrogen and oxygen atoms in total. The van der Waals surface area contributed by atoms with Crippen molar-refractivity contribution in [2.24, 2.45) is 16.8 Å². The van der Waals surface area contributed by atoms with Gasteiger partial charge in [-0.2, -0.15) is 0 Å². The van der Waals surface area contributed by atoms with Gasteiger partial charge in [-0.05, 0) is 36.0 Å². The number of piperidine rings is 1. The Morgan fingerprint density at radius 3 is 2.69 bits per heavy atom. The number of rotatable bonds is 6. The third-order valence-corrected chi connectivity index (χ3v) is 5.30. The number of hydrogen-bond donors (Lipinski definition) is 1. The molecule has 1 aromatic heterocycles. The number of guanidine groups is 1. The maximum absolute atomic E-state index is 5.76. The molecule has 2 atom stereocenters. The normalized spacial score (nSPS) is 19.8. The second kappa shape index (κ2) is 11.4. The average Bonchev–Trinajstić information content (AvgIpc) is 3.23. The van der Waals surface area contributed by atoms with Crippen molar-refractivity contribution < 1.29 is 4.74 Å². The molecule has 0 aliphatic carbocycles. The average molecular weight is 511 g/mol. The molecule has 1 aromatic carbocycles. The molecular formula is C22H34IN5O. The Balaban J connectivity index is 0.00000300. The Morgan fingerprint density at radius 1 is 1.31 bits per heavy atom. The SMILES string of the molecule is CN=C(NCc1ccc(OCC(C)C)cc1)N1CCC(C)C(n2ccnc2)C1.I. The van der Waals surface area contributed by atoms with Crippen LogP contribution in [-0.4, -0.2) is 47.2 Å². The molecule has 1 N–H and O–H groups in total. The number of aromatic nitrogens is 2. The van der Waals surface area contributed by atoms with Gasteiger partial charge in [-0.3, -0.25) is 4.99 Å².